The van der Waals surface area contributed by atoms with Gasteiger partial charge in [0.1, 0.15) is 6.04 Å². The van der Waals surface area contributed by atoms with Crippen molar-refractivity contribution in [3.05, 3.63) is 29.8 Å². The first-order valence-corrected chi connectivity index (χ1v) is 10.4. The summed E-state index contributed by atoms with van der Waals surface area (Å²) in [6.45, 7) is 0. The number of methoxy groups -OCH3 is 1. The molecule has 7 heteroatoms. The first-order valence-electron chi connectivity index (χ1n) is 10.4. The van der Waals surface area contributed by atoms with Gasteiger partial charge in [0, 0.05) is 12.0 Å². The van der Waals surface area contributed by atoms with Gasteiger partial charge in [-0.2, -0.15) is 0 Å². The molecule has 1 heterocycles. The normalized spacial score (nSPS) is 22.7. The molecule has 0 spiro atoms. The minimum absolute atomic E-state index is 0.00761. The largest absolute Gasteiger partial charge is 0.465 e. The third-order valence-electron chi connectivity index (χ3n) is 6.15. The molecular formula is C22H26N2O5. The van der Waals surface area contributed by atoms with Crippen LogP contribution in [-0.2, 0) is 19.1 Å². The molecular weight excluding hydrogens is 372 g/mol. The number of hydrogen-bond donors (Lipinski definition) is 0. The zero-order valence-electron chi connectivity index (χ0n) is 16.6. The number of rotatable bonds is 5. The van der Waals surface area contributed by atoms with E-state index in [1.54, 1.807) is 17.0 Å². The lowest BCUT2D eigenvalue weighted by molar-refractivity contribution is -0.143. The van der Waals surface area contributed by atoms with E-state index in [0.717, 1.165) is 49.8 Å². The van der Waals surface area contributed by atoms with E-state index in [1.165, 1.54) is 19.2 Å². The third-order valence-corrected chi connectivity index (χ3v) is 6.15. The molecule has 0 aromatic heterocycles. The maximum Gasteiger partial charge on any atom is 0.337 e. The molecule has 0 radical (unpaired) electrons. The molecule has 0 bridgehead atoms. The van der Waals surface area contributed by atoms with Gasteiger partial charge in [0.2, 0.25) is 11.8 Å². The Morgan fingerprint density at radius 3 is 2.24 bits per heavy atom. The zero-order valence-corrected chi connectivity index (χ0v) is 16.6. The summed E-state index contributed by atoms with van der Waals surface area (Å²) in [5, 5.41) is 0. The number of benzene rings is 1. The van der Waals surface area contributed by atoms with Crippen LogP contribution in [0.2, 0.25) is 0 Å². The van der Waals surface area contributed by atoms with Crippen molar-refractivity contribution < 1.29 is 23.9 Å². The van der Waals surface area contributed by atoms with Gasteiger partial charge in [0.05, 0.1) is 24.8 Å². The molecule has 0 N–H and O–H groups in total. The average molecular weight is 398 g/mol. The highest BCUT2D eigenvalue weighted by Crippen LogP contribution is 2.37. The fourth-order valence-corrected chi connectivity index (χ4v) is 4.46. The fourth-order valence-electron chi connectivity index (χ4n) is 4.46. The highest BCUT2D eigenvalue weighted by Gasteiger charge is 2.49. The Morgan fingerprint density at radius 1 is 1.00 bits per heavy atom. The summed E-state index contributed by atoms with van der Waals surface area (Å²) in [6.07, 6.45) is 6.80. The average Bonchev–Trinajstić information content (AvgIpc) is 3.55. The number of imide groups is 1. The summed E-state index contributed by atoms with van der Waals surface area (Å²) in [4.78, 5) is 53.5. The molecule has 1 unspecified atom stereocenters. The van der Waals surface area contributed by atoms with Crippen LogP contribution in [0.3, 0.4) is 0 Å². The molecule has 1 aliphatic heterocycles. The van der Waals surface area contributed by atoms with Gasteiger partial charge in [-0.25, -0.2) is 9.69 Å². The van der Waals surface area contributed by atoms with Crippen LogP contribution in [0.25, 0.3) is 0 Å². The maximum atomic E-state index is 13.2. The number of carbonyl (C=O) groups is 4. The van der Waals surface area contributed by atoms with E-state index in [-0.39, 0.29) is 36.1 Å². The Hall–Kier alpha value is -2.70. The third kappa shape index (κ3) is 3.78. The molecule has 154 valence electrons. The first kappa shape index (κ1) is 19.6. The van der Waals surface area contributed by atoms with Crippen LogP contribution in [0.15, 0.2) is 24.3 Å². The second-order valence-electron chi connectivity index (χ2n) is 8.14. The molecule has 1 aromatic rings. The Balaban J connectivity index is 1.58. The van der Waals surface area contributed by atoms with Gasteiger partial charge in [0.25, 0.3) is 5.91 Å². The predicted molar refractivity (Wildman–Crippen MR) is 105 cm³/mol. The van der Waals surface area contributed by atoms with Crippen LogP contribution < -0.4 is 4.90 Å². The van der Waals surface area contributed by atoms with Crippen molar-refractivity contribution in [2.75, 3.05) is 12.0 Å². The number of ether oxygens (including phenoxy) is 1. The Kier molecular flexibility index (Phi) is 5.39. The molecule has 1 atom stereocenters. The van der Waals surface area contributed by atoms with Gasteiger partial charge < -0.3 is 9.64 Å². The lowest BCUT2D eigenvalue weighted by Crippen LogP contribution is -2.52. The van der Waals surface area contributed by atoms with Crippen LogP contribution in [0.5, 0.6) is 0 Å². The second-order valence-corrected chi connectivity index (χ2v) is 8.14. The molecule has 4 rings (SSSR count). The van der Waals surface area contributed by atoms with Gasteiger partial charge >= 0.3 is 5.97 Å². The van der Waals surface area contributed by atoms with Gasteiger partial charge in [-0.1, -0.05) is 19.3 Å². The van der Waals surface area contributed by atoms with Crippen molar-refractivity contribution in [3.8, 4) is 0 Å². The molecule has 7 nitrogen and oxygen atoms in total. The van der Waals surface area contributed by atoms with Gasteiger partial charge in [-0.15, -0.1) is 0 Å². The van der Waals surface area contributed by atoms with Crippen LogP contribution in [-0.4, -0.2) is 47.8 Å². The quantitative estimate of drug-likeness (QED) is 0.562. The predicted octanol–water partition coefficient (Wildman–Crippen LogP) is 2.68. The summed E-state index contributed by atoms with van der Waals surface area (Å²) in [7, 11) is 1.30. The van der Waals surface area contributed by atoms with E-state index < -0.39 is 12.0 Å². The van der Waals surface area contributed by atoms with E-state index in [9.17, 15) is 19.2 Å². The van der Waals surface area contributed by atoms with E-state index >= 15 is 0 Å². The summed E-state index contributed by atoms with van der Waals surface area (Å²) < 4.78 is 4.68. The number of nitrogens with zero attached hydrogens (tertiary/aromatic N) is 2. The second kappa shape index (κ2) is 7.97. The molecule has 29 heavy (non-hydrogen) atoms. The Morgan fingerprint density at radius 2 is 1.66 bits per heavy atom. The molecule has 2 saturated carbocycles. The SMILES string of the molecule is COC(=O)c1ccc(N2C(=O)CC(N(C(=O)C3CC3)C3CCCCC3)C2=O)cc1. The van der Waals surface area contributed by atoms with Gasteiger partial charge in [-0.3, -0.25) is 14.4 Å². The molecule has 1 aromatic carbocycles. The molecule has 2 aliphatic carbocycles. The minimum Gasteiger partial charge on any atom is -0.465 e. The number of carbonyl (C=O) groups excluding carboxylic acids is 4. The van der Waals surface area contributed by atoms with E-state index in [2.05, 4.69) is 4.74 Å². The van der Waals surface area contributed by atoms with Crippen LogP contribution >= 0.6 is 0 Å². The molecule has 3 amide bonds. The van der Waals surface area contributed by atoms with E-state index in [1.807, 2.05) is 0 Å². The van der Waals surface area contributed by atoms with Crippen molar-refractivity contribution in [3.63, 3.8) is 0 Å². The first-order chi connectivity index (χ1) is 14.0. The van der Waals surface area contributed by atoms with Crippen molar-refractivity contribution >= 4 is 29.4 Å². The summed E-state index contributed by atoms with van der Waals surface area (Å²) in [5.74, 6) is -1.10. The van der Waals surface area contributed by atoms with Crippen molar-refractivity contribution in [2.45, 2.75) is 63.5 Å². The van der Waals surface area contributed by atoms with Crippen LogP contribution in [0, 0.1) is 5.92 Å². The molecule has 3 fully saturated rings. The van der Waals surface area contributed by atoms with Crippen molar-refractivity contribution in [1.29, 1.82) is 0 Å². The lowest BCUT2D eigenvalue weighted by Gasteiger charge is -2.37. The summed E-state index contributed by atoms with van der Waals surface area (Å²) >= 11 is 0. The fraction of sp³-hybridized carbons (Fsp3) is 0.545. The Labute approximate surface area is 170 Å². The number of anilines is 1. The van der Waals surface area contributed by atoms with E-state index in [0.29, 0.717) is 11.3 Å². The maximum absolute atomic E-state index is 13.2. The van der Waals surface area contributed by atoms with Crippen molar-refractivity contribution in [2.24, 2.45) is 5.92 Å². The highest BCUT2D eigenvalue weighted by atomic mass is 16.5. The van der Waals surface area contributed by atoms with Crippen LogP contribution in [0.1, 0.15) is 61.7 Å². The molecule has 1 saturated heterocycles. The Bertz CT molecular complexity index is 824. The minimum atomic E-state index is -0.723. The zero-order chi connectivity index (χ0) is 20.5. The number of amides is 3. The van der Waals surface area contributed by atoms with Crippen molar-refractivity contribution in [1.82, 2.24) is 4.90 Å². The smallest absolute Gasteiger partial charge is 0.337 e. The number of esters is 1. The monoisotopic (exact) mass is 398 g/mol. The van der Waals surface area contributed by atoms with Crippen LogP contribution in [0.4, 0.5) is 5.69 Å². The lowest BCUT2D eigenvalue weighted by atomic mass is 9.92. The topological polar surface area (TPSA) is 84.0 Å². The number of hydrogen-bond acceptors (Lipinski definition) is 5. The summed E-state index contributed by atoms with van der Waals surface area (Å²) in [5.41, 5.74) is 0.761. The highest BCUT2D eigenvalue weighted by molar-refractivity contribution is 6.23. The van der Waals surface area contributed by atoms with E-state index in [4.69, 9.17) is 0 Å². The van der Waals surface area contributed by atoms with Gasteiger partial charge in [0.15, 0.2) is 0 Å². The standard InChI is InChI=1S/C22H26N2O5/c1-29-22(28)15-9-11-17(12-10-15)24-19(25)13-18(21(24)27)23(20(26)14-7-8-14)16-5-3-2-4-6-16/h9-12,14,16,18H,2-8,13H2,1H3. The van der Waals surface area contributed by atoms with Gasteiger partial charge in [-0.05, 0) is 49.9 Å². The molecule has 3 aliphatic rings. The summed E-state index contributed by atoms with van der Waals surface area (Å²) in [6, 6.07) is 5.52.